The van der Waals surface area contributed by atoms with Crippen molar-refractivity contribution in [1.82, 2.24) is 5.32 Å². The SMILES string of the molecule is CC(NC(=O)C1=CC2C=CC3C=CC1C32)c1ccccc1. The molecule has 3 aliphatic rings. The highest BCUT2D eigenvalue weighted by molar-refractivity contribution is 5.95. The lowest BCUT2D eigenvalue weighted by Gasteiger charge is -2.19. The largest absolute Gasteiger partial charge is 0.346 e. The number of benzene rings is 1. The molecule has 5 atom stereocenters. The minimum atomic E-state index is 0.0387. The first-order valence-electron chi connectivity index (χ1n) is 7.68. The number of hydrogen-bond donors (Lipinski definition) is 1. The van der Waals surface area contributed by atoms with E-state index in [9.17, 15) is 4.79 Å². The summed E-state index contributed by atoms with van der Waals surface area (Å²) in [7, 11) is 0. The Balaban J connectivity index is 1.51. The van der Waals surface area contributed by atoms with Crippen molar-refractivity contribution >= 4 is 5.91 Å². The second-order valence-electron chi connectivity index (χ2n) is 6.26. The highest BCUT2D eigenvalue weighted by Crippen LogP contribution is 2.51. The van der Waals surface area contributed by atoms with Crippen LogP contribution < -0.4 is 5.32 Å². The molecule has 0 aliphatic heterocycles. The average molecular weight is 277 g/mol. The summed E-state index contributed by atoms with van der Waals surface area (Å²) in [5.41, 5.74) is 2.10. The van der Waals surface area contributed by atoms with Gasteiger partial charge in [0, 0.05) is 17.4 Å². The molecule has 0 heterocycles. The molecule has 0 saturated heterocycles. The van der Waals surface area contributed by atoms with Gasteiger partial charge in [-0.15, -0.1) is 0 Å². The van der Waals surface area contributed by atoms with Gasteiger partial charge in [0.2, 0.25) is 5.91 Å². The van der Waals surface area contributed by atoms with Crippen LogP contribution in [0, 0.1) is 23.7 Å². The van der Waals surface area contributed by atoms with Gasteiger partial charge in [0.1, 0.15) is 0 Å². The molecule has 0 saturated carbocycles. The monoisotopic (exact) mass is 277 g/mol. The van der Waals surface area contributed by atoms with E-state index in [4.69, 9.17) is 0 Å². The molecule has 3 aliphatic carbocycles. The molecule has 1 amide bonds. The van der Waals surface area contributed by atoms with E-state index in [-0.39, 0.29) is 11.9 Å². The average Bonchev–Trinajstić information content (AvgIpc) is 3.17. The number of allylic oxidation sites excluding steroid dienone is 5. The first-order valence-corrected chi connectivity index (χ1v) is 7.68. The fraction of sp³-hybridized carbons (Fsp3) is 0.316. The zero-order valence-electron chi connectivity index (χ0n) is 12.1. The maximum Gasteiger partial charge on any atom is 0.247 e. The molecule has 0 spiro atoms. The normalized spacial score (nSPS) is 32.9. The summed E-state index contributed by atoms with van der Waals surface area (Å²) in [5.74, 6) is 1.94. The molecule has 5 unspecified atom stereocenters. The number of rotatable bonds is 3. The molecule has 1 aromatic carbocycles. The smallest absolute Gasteiger partial charge is 0.247 e. The molecular formula is C19H19NO. The van der Waals surface area contributed by atoms with Crippen LogP contribution in [0.3, 0.4) is 0 Å². The highest BCUT2D eigenvalue weighted by Gasteiger charge is 2.45. The minimum absolute atomic E-state index is 0.0387. The van der Waals surface area contributed by atoms with E-state index in [0.717, 1.165) is 11.1 Å². The first-order chi connectivity index (χ1) is 10.2. The highest BCUT2D eigenvalue weighted by atomic mass is 16.1. The van der Waals surface area contributed by atoms with Crippen LogP contribution in [0.2, 0.25) is 0 Å². The number of amides is 1. The molecular weight excluding hydrogens is 258 g/mol. The Hall–Kier alpha value is -2.09. The van der Waals surface area contributed by atoms with Gasteiger partial charge in [-0.25, -0.2) is 0 Å². The van der Waals surface area contributed by atoms with Gasteiger partial charge in [0.05, 0.1) is 6.04 Å². The van der Waals surface area contributed by atoms with Gasteiger partial charge in [-0.3, -0.25) is 4.79 Å². The Morgan fingerprint density at radius 1 is 1.05 bits per heavy atom. The van der Waals surface area contributed by atoms with Crippen LogP contribution in [0.25, 0.3) is 0 Å². The predicted octanol–water partition coefficient (Wildman–Crippen LogP) is 3.41. The lowest BCUT2D eigenvalue weighted by molar-refractivity contribution is -0.118. The Morgan fingerprint density at radius 2 is 1.76 bits per heavy atom. The van der Waals surface area contributed by atoms with Crippen molar-refractivity contribution in [2.45, 2.75) is 13.0 Å². The third-order valence-corrected chi connectivity index (χ3v) is 5.04. The fourth-order valence-electron chi connectivity index (χ4n) is 3.95. The van der Waals surface area contributed by atoms with Crippen molar-refractivity contribution in [3.63, 3.8) is 0 Å². The van der Waals surface area contributed by atoms with E-state index < -0.39 is 0 Å². The molecule has 0 aromatic heterocycles. The second kappa shape index (κ2) is 4.73. The van der Waals surface area contributed by atoms with Crippen molar-refractivity contribution < 1.29 is 4.79 Å². The van der Waals surface area contributed by atoms with E-state index in [1.165, 1.54) is 0 Å². The third kappa shape index (κ3) is 1.98. The molecule has 0 fully saturated rings. The lowest BCUT2D eigenvalue weighted by Crippen LogP contribution is -2.30. The maximum atomic E-state index is 12.6. The molecule has 1 N–H and O–H groups in total. The first kappa shape index (κ1) is 12.6. The van der Waals surface area contributed by atoms with Crippen LogP contribution in [-0.2, 0) is 4.79 Å². The van der Waals surface area contributed by atoms with Crippen LogP contribution >= 0.6 is 0 Å². The van der Waals surface area contributed by atoms with Crippen molar-refractivity contribution in [3.05, 3.63) is 71.8 Å². The summed E-state index contributed by atoms with van der Waals surface area (Å²) < 4.78 is 0. The Labute approximate surface area is 125 Å². The summed E-state index contributed by atoms with van der Waals surface area (Å²) in [6, 6.07) is 10.2. The quantitative estimate of drug-likeness (QED) is 0.843. The van der Waals surface area contributed by atoms with Crippen LogP contribution in [0.15, 0.2) is 66.3 Å². The molecule has 0 radical (unpaired) electrons. The molecule has 106 valence electrons. The van der Waals surface area contributed by atoms with Gasteiger partial charge in [-0.1, -0.05) is 60.7 Å². The molecule has 2 heteroatoms. The van der Waals surface area contributed by atoms with Crippen molar-refractivity contribution in [3.8, 4) is 0 Å². The van der Waals surface area contributed by atoms with Crippen LogP contribution in [0.4, 0.5) is 0 Å². The maximum absolute atomic E-state index is 12.6. The second-order valence-corrected chi connectivity index (χ2v) is 6.26. The van der Waals surface area contributed by atoms with Crippen molar-refractivity contribution in [1.29, 1.82) is 0 Å². The lowest BCUT2D eigenvalue weighted by atomic mass is 9.87. The zero-order chi connectivity index (χ0) is 14.4. The Kier molecular flexibility index (Phi) is 2.85. The Morgan fingerprint density at radius 3 is 2.57 bits per heavy atom. The predicted molar refractivity (Wildman–Crippen MR) is 83.3 cm³/mol. The van der Waals surface area contributed by atoms with E-state index in [1.54, 1.807) is 0 Å². The van der Waals surface area contributed by atoms with E-state index in [1.807, 2.05) is 25.1 Å². The van der Waals surface area contributed by atoms with E-state index in [2.05, 4.69) is 47.8 Å². The number of carbonyl (C=O) groups is 1. The summed E-state index contributed by atoms with van der Waals surface area (Å²) >= 11 is 0. The Bertz CT molecular complexity index is 655. The molecule has 2 nitrogen and oxygen atoms in total. The van der Waals surface area contributed by atoms with Crippen LogP contribution in [-0.4, -0.2) is 5.91 Å². The molecule has 1 aromatic rings. The van der Waals surface area contributed by atoms with Gasteiger partial charge in [-0.05, 0) is 24.3 Å². The molecule has 4 rings (SSSR count). The van der Waals surface area contributed by atoms with Crippen LogP contribution in [0.5, 0.6) is 0 Å². The van der Waals surface area contributed by atoms with E-state index >= 15 is 0 Å². The summed E-state index contributed by atoms with van der Waals surface area (Å²) in [4.78, 5) is 12.6. The van der Waals surface area contributed by atoms with E-state index in [0.29, 0.717) is 23.7 Å². The van der Waals surface area contributed by atoms with Gasteiger partial charge < -0.3 is 5.32 Å². The van der Waals surface area contributed by atoms with Gasteiger partial charge in [0.25, 0.3) is 0 Å². The van der Waals surface area contributed by atoms with Crippen molar-refractivity contribution in [2.75, 3.05) is 0 Å². The summed E-state index contributed by atoms with van der Waals surface area (Å²) in [5, 5.41) is 3.15. The van der Waals surface area contributed by atoms with Crippen LogP contribution in [0.1, 0.15) is 18.5 Å². The molecule has 21 heavy (non-hydrogen) atoms. The third-order valence-electron chi connectivity index (χ3n) is 5.04. The zero-order valence-corrected chi connectivity index (χ0v) is 12.1. The van der Waals surface area contributed by atoms with Crippen molar-refractivity contribution in [2.24, 2.45) is 23.7 Å². The molecule has 0 bridgehead atoms. The minimum Gasteiger partial charge on any atom is -0.346 e. The topological polar surface area (TPSA) is 29.1 Å². The fourth-order valence-corrected chi connectivity index (χ4v) is 3.95. The summed E-state index contributed by atoms with van der Waals surface area (Å²) in [6.07, 6.45) is 11.2. The summed E-state index contributed by atoms with van der Waals surface area (Å²) in [6.45, 7) is 2.04. The van der Waals surface area contributed by atoms with Gasteiger partial charge in [0.15, 0.2) is 0 Å². The number of hydrogen-bond acceptors (Lipinski definition) is 1. The standard InChI is InChI=1S/C19H19NO/c1-12(13-5-3-2-4-6-13)20-19(21)17-11-15-8-7-14-9-10-16(17)18(14)15/h2-12,14-16,18H,1H3,(H,20,21). The number of nitrogens with one attached hydrogen (secondary N) is 1. The van der Waals surface area contributed by atoms with Gasteiger partial charge >= 0.3 is 0 Å². The van der Waals surface area contributed by atoms with Gasteiger partial charge in [-0.2, -0.15) is 0 Å². The number of carbonyl (C=O) groups excluding carboxylic acids is 1.